The van der Waals surface area contributed by atoms with Gasteiger partial charge in [-0.1, -0.05) is 0 Å². The van der Waals surface area contributed by atoms with Gasteiger partial charge in [-0.2, -0.15) is 10.1 Å². The number of hydrogen-bond acceptors (Lipinski definition) is 7. The van der Waals surface area contributed by atoms with E-state index < -0.39 is 0 Å². The van der Waals surface area contributed by atoms with Crippen LogP contribution in [0.5, 0.6) is 0 Å². The third kappa shape index (κ3) is 3.31. The van der Waals surface area contributed by atoms with E-state index in [2.05, 4.69) is 36.2 Å². The second kappa shape index (κ2) is 7.00. The van der Waals surface area contributed by atoms with E-state index in [4.69, 9.17) is 0 Å². The number of aryl methyl sites for hydroxylation is 1. The Balaban J connectivity index is 1.47. The maximum atomic E-state index is 12.5. The standard InChI is InChI=1S/C16H19N9O/c1-24-16(19-14(21-24)11-6-8-17-9-7-11)20-15(26)12-2-4-13(5-3-12)25-10-18-22-23-25/h2-5,10-11,17H,6-9H2,1H3,(H,19,20,21,26). The Bertz CT molecular complexity index is 879. The van der Waals surface area contributed by atoms with Crippen LogP contribution in [0.15, 0.2) is 30.6 Å². The van der Waals surface area contributed by atoms with Gasteiger partial charge >= 0.3 is 0 Å². The highest BCUT2D eigenvalue weighted by Crippen LogP contribution is 2.23. The van der Waals surface area contributed by atoms with Gasteiger partial charge < -0.3 is 5.32 Å². The maximum Gasteiger partial charge on any atom is 0.258 e. The molecule has 10 heteroatoms. The Labute approximate surface area is 149 Å². The van der Waals surface area contributed by atoms with E-state index in [0.29, 0.717) is 17.4 Å². The summed E-state index contributed by atoms with van der Waals surface area (Å²) in [4.78, 5) is 17.0. The predicted octanol–water partition coefficient (Wildman–Crippen LogP) is 0.510. The van der Waals surface area contributed by atoms with E-state index in [1.165, 1.54) is 11.0 Å². The van der Waals surface area contributed by atoms with Gasteiger partial charge in [0.1, 0.15) is 6.33 Å². The Morgan fingerprint density at radius 3 is 2.69 bits per heavy atom. The largest absolute Gasteiger partial charge is 0.317 e. The molecule has 3 heterocycles. The van der Waals surface area contributed by atoms with Crippen molar-refractivity contribution < 1.29 is 4.79 Å². The average Bonchev–Trinajstić information content (AvgIpc) is 3.33. The van der Waals surface area contributed by atoms with Gasteiger partial charge in [-0.3, -0.25) is 10.1 Å². The molecule has 0 spiro atoms. The molecule has 0 unspecified atom stereocenters. The summed E-state index contributed by atoms with van der Waals surface area (Å²) in [7, 11) is 1.79. The van der Waals surface area contributed by atoms with Gasteiger partial charge in [0.2, 0.25) is 5.95 Å². The normalized spacial score (nSPS) is 15.1. The van der Waals surface area contributed by atoms with Gasteiger partial charge in [0, 0.05) is 18.5 Å². The van der Waals surface area contributed by atoms with Crippen molar-refractivity contribution in [3.63, 3.8) is 0 Å². The minimum absolute atomic E-state index is 0.236. The monoisotopic (exact) mass is 353 g/mol. The lowest BCUT2D eigenvalue weighted by molar-refractivity contribution is 0.102. The third-order valence-electron chi connectivity index (χ3n) is 4.45. The van der Waals surface area contributed by atoms with Crippen LogP contribution in [0.2, 0.25) is 0 Å². The Kier molecular flexibility index (Phi) is 4.40. The van der Waals surface area contributed by atoms with Crippen LogP contribution in [-0.2, 0) is 7.05 Å². The number of rotatable bonds is 4. The van der Waals surface area contributed by atoms with E-state index in [0.717, 1.165) is 37.4 Å². The number of carbonyl (C=O) groups excluding carboxylic acids is 1. The number of carbonyl (C=O) groups is 1. The quantitative estimate of drug-likeness (QED) is 0.702. The average molecular weight is 353 g/mol. The molecule has 2 N–H and O–H groups in total. The van der Waals surface area contributed by atoms with Gasteiger partial charge in [0.05, 0.1) is 5.69 Å². The molecule has 1 aromatic carbocycles. The molecule has 2 aromatic heterocycles. The fourth-order valence-corrected chi connectivity index (χ4v) is 2.99. The first-order valence-corrected chi connectivity index (χ1v) is 8.47. The lowest BCUT2D eigenvalue weighted by Crippen LogP contribution is -2.27. The fraction of sp³-hybridized carbons (Fsp3) is 0.375. The van der Waals surface area contributed by atoms with Crippen LogP contribution in [0.25, 0.3) is 5.69 Å². The Hall–Kier alpha value is -3.14. The summed E-state index contributed by atoms with van der Waals surface area (Å²) in [6.45, 7) is 1.94. The van der Waals surface area contributed by atoms with E-state index in [9.17, 15) is 4.79 Å². The van der Waals surface area contributed by atoms with E-state index >= 15 is 0 Å². The molecular formula is C16H19N9O. The zero-order valence-corrected chi connectivity index (χ0v) is 14.3. The number of anilines is 1. The van der Waals surface area contributed by atoms with Crippen LogP contribution < -0.4 is 10.6 Å². The summed E-state index contributed by atoms with van der Waals surface area (Å²) in [6, 6.07) is 7.00. The van der Waals surface area contributed by atoms with Crippen molar-refractivity contribution in [2.45, 2.75) is 18.8 Å². The lowest BCUT2D eigenvalue weighted by Gasteiger charge is -2.19. The van der Waals surface area contributed by atoms with Gasteiger partial charge in [0.25, 0.3) is 5.91 Å². The molecule has 26 heavy (non-hydrogen) atoms. The minimum atomic E-state index is -0.236. The topological polar surface area (TPSA) is 115 Å². The van der Waals surface area contributed by atoms with Gasteiger partial charge in [-0.05, 0) is 60.6 Å². The smallest absolute Gasteiger partial charge is 0.258 e. The summed E-state index contributed by atoms with van der Waals surface area (Å²) in [5, 5.41) is 21.6. The second-order valence-electron chi connectivity index (χ2n) is 6.20. The molecule has 1 amide bonds. The molecule has 134 valence electrons. The zero-order valence-electron chi connectivity index (χ0n) is 14.3. The lowest BCUT2D eigenvalue weighted by atomic mass is 9.98. The summed E-state index contributed by atoms with van der Waals surface area (Å²) in [6.07, 6.45) is 3.52. The first-order chi connectivity index (χ1) is 12.7. The number of tetrazole rings is 1. The highest BCUT2D eigenvalue weighted by atomic mass is 16.1. The van der Waals surface area contributed by atoms with Crippen LogP contribution in [0.4, 0.5) is 5.95 Å². The number of nitrogens with one attached hydrogen (secondary N) is 2. The van der Waals surface area contributed by atoms with Crippen molar-refractivity contribution in [2.75, 3.05) is 18.4 Å². The van der Waals surface area contributed by atoms with Crippen molar-refractivity contribution in [1.29, 1.82) is 0 Å². The summed E-state index contributed by atoms with van der Waals surface area (Å²) in [5.41, 5.74) is 1.30. The van der Waals surface area contributed by atoms with Crippen molar-refractivity contribution in [1.82, 2.24) is 40.3 Å². The molecule has 0 aliphatic carbocycles. The van der Waals surface area contributed by atoms with Crippen LogP contribution in [-0.4, -0.2) is 54.0 Å². The summed E-state index contributed by atoms with van der Waals surface area (Å²) < 4.78 is 3.14. The molecule has 0 bridgehead atoms. The molecular weight excluding hydrogens is 334 g/mol. The third-order valence-corrected chi connectivity index (χ3v) is 4.45. The second-order valence-corrected chi connectivity index (χ2v) is 6.20. The summed E-state index contributed by atoms with van der Waals surface area (Å²) >= 11 is 0. The number of amides is 1. The number of hydrogen-bond donors (Lipinski definition) is 2. The van der Waals surface area contributed by atoms with Crippen LogP contribution in [0.1, 0.15) is 34.9 Å². The summed E-state index contributed by atoms with van der Waals surface area (Å²) in [5.74, 6) is 1.34. The van der Waals surface area contributed by atoms with E-state index in [1.807, 2.05) is 0 Å². The molecule has 1 fully saturated rings. The van der Waals surface area contributed by atoms with Crippen molar-refractivity contribution in [3.05, 3.63) is 42.0 Å². The van der Waals surface area contributed by atoms with Gasteiger partial charge in [-0.15, -0.1) is 5.10 Å². The van der Waals surface area contributed by atoms with Crippen LogP contribution >= 0.6 is 0 Å². The molecule has 0 saturated carbocycles. The highest BCUT2D eigenvalue weighted by Gasteiger charge is 2.21. The van der Waals surface area contributed by atoms with Crippen molar-refractivity contribution >= 4 is 11.9 Å². The first kappa shape index (κ1) is 16.3. The molecule has 1 saturated heterocycles. The molecule has 1 aliphatic heterocycles. The maximum absolute atomic E-state index is 12.5. The van der Waals surface area contributed by atoms with E-state index in [1.54, 1.807) is 36.0 Å². The van der Waals surface area contributed by atoms with Crippen LogP contribution in [0.3, 0.4) is 0 Å². The number of piperidine rings is 1. The Morgan fingerprint density at radius 1 is 1.23 bits per heavy atom. The first-order valence-electron chi connectivity index (χ1n) is 8.47. The Morgan fingerprint density at radius 2 is 2.00 bits per heavy atom. The minimum Gasteiger partial charge on any atom is -0.317 e. The van der Waals surface area contributed by atoms with Crippen molar-refractivity contribution in [3.8, 4) is 5.69 Å². The predicted molar refractivity (Wildman–Crippen MR) is 93.0 cm³/mol. The molecule has 3 aromatic rings. The SMILES string of the molecule is Cn1nc(C2CCNCC2)nc1NC(=O)c1ccc(-n2cnnn2)cc1. The van der Waals surface area contributed by atoms with Crippen molar-refractivity contribution in [2.24, 2.45) is 7.05 Å². The molecule has 0 radical (unpaired) electrons. The fourth-order valence-electron chi connectivity index (χ4n) is 2.99. The van der Waals surface area contributed by atoms with Gasteiger partial charge in [-0.25, -0.2) is 9.36 Å². The number of aromatic nitrogens is 7. The van der Waals surface area contributed by atoms with Crippen LogP contribution in [0, 0.1) is 0 Å². The number of benzene rings is 1. The molecule has 1 aliphatic rings. The molecule has 4 rings (SSSR count). The van der Waals surface area contributed by atoms with E-state index in [-0.39, 0.29) is 5.91 Å². The highest BCUT2D eigenvalue weighted by molar-refractivity contribution is 6.03. The molecule has 0 atom stereocenters. The zero-order chi connectivity index (χ0) is 17.9. The molecule has 10 nitrogen and oxygen atoms in total. The number of nitrogens with zero attached hydrogens (tertiary/aromatic N) is 7. The van der Waals surface area contributed by atoms with Gasteiger partial charge in [0.15, 0.2) is 5.82 Å².